The summed E-state index contributed by atoms with van der Waals surface area (Å²) in [5.41, 5.74) is 0.808. The van der Waals surface area contributed by atoms with Crippen LogP contribution < -0.4 is 5.32 Å². The molecule has 0 bridgehead atoms. The monoisotopic (exact) mass is 363 g/mol. The quantitative estimate of drug-likeness (QED) is 0.560. The lowest BCUT2D eigenvalue weighted by atomic mass is 9.99. The van der Waals surface area contributed by atoms with Crippen molar-refractivity contribution in [2.75, 3.05) is 12.9 Å². The summed E-state index contributed by atoms with van der Waals surface area (Å²) in [6.45, 7) is 3.85. The molecular formula is C16H21N5O3S. The Bertz CT molecular complexity index is 707. The van der Waals surface area contributed by atoms with E-state index < -0.39 is 12.0 Å². The van der Waals surface area contributed by atoms with Gasteiger partial charge in [0.05, 0.1) is 18.6 Å². The van der Waals surface area contributed by atoms with Crippen LogP contribution in [0.4, 0.5) is 0 Å². The number of rotatable bonds is 8. The number of benzene rings is 1. The zero-order valence-electron chi connectivity index (χ0n) is 14.4. The third kappa shape index (κ3) is 5.02. The van der Waals surface area contributed by atoms with Crippen LogP contribution in [0.3, 0.4) is 0 Å². The van der Waals surface area contributed by atoms with E-state index in [9.17, 15) is 9.59 Å². The third-order valence-electron chi connectivity index (χ3n) is 3.76. The largest absolute Gasteiger partial charge is 0.467 e. The Morgan fingerprint density at radius 3 is 2.68 bits per heavy atom. The highest BCUT2D eigenvalue weighted by Crippen LogP contribution is 2.18. The molecule has 8 nitrogen and oxygen atoms in total. The normalized spacial score (nSPS) is 13.1. The van der Waals surface area contributed by atoms with E-state index in [0.717, 1.165) is 12.1 Å². The topological polar surface area (TPSA) is 99.0 Å². The molecule has 0 aliphatic carbocycles. The number of carbonyl (C=O) groups is 2. The number of amides is 1. The van der Waals surface area contributed by atoms with Gasteiger partial charge in [-0.25, -0.2) is 4.79 Å². The fraction of sp³-hybridized carbons (Fsp3) is 0.438. The minimum Gasteiger partial charge on any atom is -0.467 e. The van der Waals surface area contributed by atoms with Crippen LogP contribution in [0.1, 0.15) is 20.3 Å². The molecule has 0 aliphatic rings. The van der Waals surface area contributed by atoms with Crippen LogP contribution in [0.2, 0.25) is 0 Å². The van der Waals surface area contributed by atoms with Crippen molar-refractivity contribution >= 4 is 23.6 Å². The van der Waals surface area contributed by atoms with Crippen molar-refractivity contribution in [2.45, 2.75) is 31.5 Å². The molecule has 0 unspecified atom stereocenters. The number of hydrogen-bond donors (Lipinski definition) is 1. The fourth-order valence-electron chi connectivity index (χ4n) is 2.14. The van der Waals surface area contributed by atoms with E-state index >= 15 is 0 Å². The van der Waals surface area contributed by atoms with E-state index in [0.29, 0.717) is 5.16 Å². The second-order valence-electron chi connectivity index (χ2n) is 5.45. The molecule has 0 spiro atoms. The van der Waals surface area contributed by atoms with Gasteiger partial charge in [-0.05, 0) is 28.5 Å². The van der Waals surface area contributed by atoms with E-state index in [1.54, 1.807) is 4.68 Å². The molecule has 1 aromatic carbocycles. The number of carbonyl (C=O) groups excluding carboxylic acids is 2. The summed E-state index contributed by atoms with van der Waals surface area (Å²) >= 11 is 1.20. The summed E-state index contributed by atoms with van der Waals surface area (Å²) < 4.78 is 6.33. The van der Waals surface area contributed by atoms with Crippen LogP contribution >= 0.6 is 11.8 Å². The molecule has 134 valence electrons. The van der Waals surface area contributed by atoms with Crippen LogP contribution in [-0.2, 0) is 14.3 Å². The summed E-state index contributed by atoms with van der Waals surface area (Å²) in [6.07, 6.45) is 0.749. The summed E-state index contributed by atoms with van der Waals surface area (Å²) in [6, 6.07) is 8.74. The molecule has 0 aliphatic heterocycles. The van der Waals surface area contributed by atoms with E-state index in [1.807, 2.05) is 44.2 Å². The predicted octanol–water partition coefficient (Wildman–Crippen LogP) is 1.46. The van der Waals surface area contributed by atoms with Crippen molar-refractivity contribution in [1.29, 1.82) is 0 Å². The second-order valence-corrected chi connectivity index (χ2v) is 6.39. The van der Waals surface area contributed by atoms with Crippen LogP contribution in [0, 0.1) is 5.92 Å². The Morgan fingerprint density at radius 2 is 2.04 bits per heavy atom. The number of hydrogen-bond acceptors (Lipinski definition) is 7. The van der Waals surface area contributed by atoms with Crippen molar-refractivity contribution < 1.29 is 14.3 Å². The number of esters is 1. The molecule has 2 atom stereocenters. The minimum absolute atomic E-state index is 0.0176. The van der Waals surface area contributed by atoms with Crippen LogP contribution in [0.15, 0.2) is 35.5 Å². The highest BCUT2D eigenvalue weighted by Gasteiger charge is 2.26. The van der Waals surface area contributed by atoms with Gasteiger partial charge in [0.2, 0.25) is 11.1 Å². The highest BCUT2D eigenvalue weighted by molar-refractivity contribution is 7.99. The van der Waals surface area contributed by atoms with Gasteiger partial charge < -0.3 is 10.1 Å². The van der Waals surface area contributed by atoms with E-state index in [4.69, 9.17) is 4.74 Å². The Balaban J connectivity index is 1.99. The maximum absolute atomic E-state index is 12.2. The lowest BCUT2D eigenvalue weighted by Crippen LogP contribution is -2.46. The van der Waals surface area contributed by atoms with E-state index in [2.05, 4.69) is 20.8 Å². The summed E-state index contributed by atoms with van der Waals surface area (Å²) in [7, 11) is 1.31. The molecule has 0 radical (unpaired) electrons. The molecule has 0 saturated carbocycles. The number of nitrogens with zero attached hydrogens (tertiary/aromatic N) is 4. The highest BCUT2D eigenvalue weighted by atomic mass is 32.2. The minimum atomic E-state index is -0.659. The zero-order valence-corrected chi connectivity index (χ0v) is 15.2. The Labute approximate surface area is 150 Å². The molecular weight excluding hydrogens is 342 g/mol. The molecule has 1 amide bonds. The van der Waals surface area contributed by atoms with Crippen LogP contribution in [0.25, 0.3) is 5.69 Å². The first-order chi connectivity index (χ1) is 12.1. The molecule has 1 heterocycles. The number of ether oxygens (including phenoxy) is 1. The molecule has 25 heavy (non-hydrogen) atoms. The first kappa shape index (κ1) is 18.9. The Morgan fingerprint density at radius 1 is 1.32 bits per heavy atom. The SMILES string of the molecule is CC[C@H](C)[C@H](NC(=O)CSc1nnnn1-c1ccccc1)C(=O)OC. The van der Waals surface area contributed by atoms with Gasteiger partial charge in [0.25, 0.3) is 0 Å². The van der Waals surface area contributed by atoms with Gasteiger partial charge in [-0.15, -0.1) is 5.10 Å². The standard InChI is InChI=1S/C16H21N5O3S/c1-4-11(2)14(15(23)24-3)17-13(22)10-25-16-18-19-20-21(16)12-8-6-5-7-9-12/h5-9,11,14H,4,10H2,1-3H3,(H,17,22)/t11-,14-/m0/s1. The van der Waals surface area contributed by atoms with Crippen molar-refractivity contribution in [3.05, 3.63) is 30.3 Å². The Kier molecular flexibility index (Phi) is 6.93. The maximum atomic E-state index is 12.2. The van der Waals surface area contributed by atoms with Gasteiger partial charge in [0.15, 0.2) is 0 Å². The predicted molar refractivity (Wildman–Crippen MR) is 93.3 cm³/mol. The molecule has 2 aromatic rings. The summed E-state index contributed by atoms with van der Waals surface area (Å²) in [5.74, 6) is -0.641. The van der Waals surface area contributed by atoms with Gasteiger partial charge in [-0.2, -0.15) is 4.68 Å². The lowest BCUT2D eigenvalue weighted by Gasteiger charge is -2.21. The van der Waals surface area contributed by atoms with Crippen molar-refractivity contribution in [1.82, 2.24) is 25.5 Å². The molecule has 9 heteroatoms. The maximum Gasteiger partial charge on any atom is 0.328 e. The van der Waals surface area contributed by atoms with Crippen LogP contribution in [-0.4, -0.2) is 51.0 Å². The van der Waals surface area contributed by atoms with E-state index in [1.165, 1.54) is 18.9 Å². The molecule has 0 saturated heterocycles. The summed E-state index contributed by atoms with van der Waals surface area (Å²) in [5, 5.41) is 14.8. The first-order valence-corrected chi connectivity index (χ1v) is 8.89. The average Bonchev–Trinajstić information content (AvgIpc) is 3.12. The van der Waals surface area contributed by atoms with E-state index in [-0.39, 0.29) is 17.6 Å². The number of methoxy groups -OCH3 is 1. The first-order valence-electron chi connectivity index (χ1n) is 7.90. The van der Waals surface area contributed by atoms with Gasteiger partial charge >= 0.3 is 5.97 Å². The smallest absolute Gasteiger partial charge is 0.328 e. The number of thioether (sulfide) groups is 1. The second kappa shape index (κ2) is 9.16. The fourth-order valence-corrected chi connectivity index (χ4v) is 2.84. The van der Waals surface area contributed by atoms with Crippen molar-refractivity contribution in [3.8, 4) is 5.69 Å². The zero-order chi connectivity index (χ0) is 18.2. The van der Waals surface area contributed by atoms with Gasteiger partial charge in [-0.1, -0.05) is 50.2 Å². The molecule has 1 aromatic heterocycles. The molecule has 2 rings (SSSR count). The van der Waals surface area contributed by atoms with Crippen LogP contribution in [0.5, 0.6) is 0 Å². The van der Waals surface area contributed by atoms with Gasteiger partial charge in [-0.3, -0.25) is 4.79 Å². The number of aromatic nitrogens is 4. The van der Waals surface area contributed by atoms with Gasteiger partial charge in [0, 0.05) is 0 Å². The molecule has 1 N–H and O–H groups in total. The van der Waals surface area contributed by atoms with Gasteiger partial charge in [0.1, 0.15) is 6.04 Å². The number of nitrogens with one attached hydrogen (secondary N) is 1. The summed E-state index contributed by atoms with van der Waals surface area (Å²) in [4.78, 5) is 24.1. The third-order valence-corrected chi connectivity index (χ3v) is 4.68. The number of tetrazole rings is 1. The lowest BCUT2D eigenvalue weighted by molar-refractivity contribution is -0.146. The Hall–Kier alpha value is -2.42. The van der Waals surface area contributed by atoms with Crippen molar-refractivity contribution in [3.63, 3.8) is 0 Å². The number of para-hydroxylation sites is 1. The molecule has 0 fully saturated rings. The average molecular weight is 363 g/mol. The van der Waals surface area contributed by atoms with Crippen molar-refractivity contribution in [2.24, 2.45) is 5.92 Å².